The van der Waals surface area contributed by atoms with Crippen LogP contribution in [0.15, 0.2) is 10.6 Å². The van der Waals surface area contributed by atoms with Gasteiger partial charge in [-0.15, -0.1) is 0 Å². The van der Waals surface area contributed by atoms with E-state index in [1.807, 2.05) is 0 Å². The molecule has 2 rings (SSSR count). The molecular formula is C9H12N2O2. The van der Waals surface area contributed by atoms with Crippen LogP contribution in [0.1, 0.15) is 41.7 Å². The second-order valence-electron chi connectivity index (χ2n) is 3.22. The van der Waals surface area contributed by atoms with E-state index in [1.54, 1.807) is 0 Å². The number of aromatic nitrogens is 1. The molecule has 0 spiro atoms. The Morgan fingerprint density at radius 2 is 2.54 bits per heavy atom. The van der Waals surface area contributed by atoms with Gasteiger partial charge in [-0.05, 0) is 19.4 Å². The number of aldehydes is 1. The second-order valence-corrected chi connectivity index (χ2v) is 3.22. The van der Waals surface area contributed by atoms with Gasteiger partial charge in [0.25, 0.3) is 0 Å². The lowest BCUT2D eigenvalue weighted by atomic mass is 10.1. The van der Waals surface area contributed by atoms with Crippen LogP contribution in [0.5, 0.6) is 0 Å². The fourth-order valence-corrected chi connectivity index (χ4v) is 1.58. The van der Waals surface area contributed by atoms with Crippen LogP contribution >= 0.6 is 0 Å². The lowest BCUT2D eigenvalue weighted by Gasteiger charge is -2.19. The molecule has 4 heteroatoms. The molecule has 2 heterocycles. The summed E-state index contributed by atoms with van der Waals surface area (Å²) in [6.45, 7) is 1.00. The van der Waals surface area contributed by atoms with E-state index >= 15 is 0 Å². The Hall–Kier alpha value is -1.16. The molecule has 0 bridgehead atoms. The van der Waals surface area contributed by atoms with E-state index in [-0.39, 0.29) is 6.04 Å². The highest BCUT2D eigenvalue weighted by Gasteiger charge is 2.19. The zero-order valence-electron chi connectivity index (χ0n) is 7.32. The normalized spacial score (nSPS) is 22.9. The molecule has 13 heavy (non-hydrogen) atoms. The van der Waals surface area contributed by atoms with Crippen molar-refractivity contribution in [3.63, 3.8) is 0 Å². The molecule has 1 aromatic rings. The van der Waals surface area contributed by atoms with Crippen molar-refractivity contribution in [2.45, 2.75) is 25.3 Å². The monoisotopic (exact) mass is 180 g/mol. The third kappa shape index (κ3) is 1.78. The number of oxazole rings is 1. The van der Waals surface area contributed by atoms with Gasteiger partial charge in [-0.3, -0.25) is 4.79 Å². The summed E-state index contributed by atoms with van der Waals surface area (Å²) in [7, 11) is 0. The molecular weight excluding hydrogens is 168 g/mol. The highest BCUT2D eigenvalue weighted by molar-refractivity contribution is 5.69. The van der Waals surface area contributed by atoms with Crippen LogP contribution in [-0.2, 0) is 0 Å². The van der Waals surface area contributed by atoms with Crippen molar-refractivity contribution in [1.82, 2.24) is 10.3 Å². The van der Waals surface area contributed by atoms with Crippen molar-refractivity contribution >= 4 is 6.29 Å². The summed E-state index contributed by atoms with van der Waals surface area (Å²) in [4.78, 5) is 14.4. The first kappa shape index (κ1) is 8.44. The first-order valence-corrected chi connectivity index (χ1v) is 4.54. The summed E-state index contributed by atoms with van der Waals surface area (Å²) in [5.41, 5.74) is 0. The standard InChI is InChI=1S/C9H12N2O2/c12-6-7-5-11-9(13-7)8-3-1-2-4-10-8/h5-6,8,10H,1-4H2. The zero-order chi connectivity index (χ0) is 9.10. The van der Waals surface area contributed by atoms with E-state index < -0.39 is 0 Å². The van der Waals surface area contributed by atoms with Gasteiger partial charge in [0.15, 0.2) is 12.0 Å². The van der Waals surface area contributed by atoms with Gasteiger partial charge in [0.05, 0.1) is 12.2 Å². The Kier molecular flexibility index (Phi) is 2.40. The van der Waals surface area contributed by atoms with Gasteiger partial charge >= 0.3 is 0 Å². The topological polar surface area (TPSA) is 55.1 Å². The molecule has 1 fully saturated rings. The van der Waals surface area contributed by atoms with Gasteiger partial charge in [-0.25, -0.2) is 4.98 Å². The predicted molar refractivity (Wildman–Crippen MR) is 46.5 cm³/mol. The van der Waals surface area contributed by atoms with E-state index in [9.17, 15) is 4.79 Å². The van der Waals surface area contributed by atoms with Crippen molar-refractivity contribution in [2.75, 3.05) is 6.54 Å². The summed E-state index contributed by atoms with van der Waals surface area (Å²) >= 11 is 0. The number of hydrogen-bond acceptors (Lipinski definition) is 4. The largest absolute Gasteiger partial charge is 0.436 e. The van der Waals surface area contributed by atoms with Gasteiger partial charge in [0.2, 0.25) is 5.89 Å². The molecule has 0 aliphatic carbocycles. The van der Waals surface area contributed by atoms with Crippen molar-refractivity contribution < 1.29 is 9.21 Å². The highest BCUT2D eigenvalue weighted by Crippen LogP contribution is 2.21. The predicted octanol–water partition coefficient (Wildman–Crippen LogP) is 1.30. The van der Waals surface area contributed by atoms with Crippen molar-refractivity contribution in [3.05, 3.63) is 17.8 Å². The lowest BCUT2D eigenvalue weighted by molar-refractivity contribution is 0.109. The molecule has 0 radical (unpaired) electrons. The van der Waals surface area contributed by atoms with E-state index in [4.69, 9.17) is 4.42 Å². The van der Waals surface area contributed by atoms with Crippen molar-refractivity contribution in [1.29, 1.82) is 0 Å². The van der Waals surface area contributed by atoms with Crippen LogP contribution in [-0.4, -0.2) is 17.8 Å². The van der Waals surface area contributed by atoms with Crippen LogP contribution in [0.3, 0.4) is 0 Å². The Morgan fingerprint density at radius 3 is 3.15 bits per heavy atom. The smallest absolute Gasteiger partial charge is 0.212 e. The van der Waals surface area contributed by atoms with Crippen molar-refractivity contribution in [3.8, 4) is 0 Å². The number of carbonyl (C=O) groups excluding carboxylic acids is 1. The number of nitrogens with one attached hydrogen (secondary N) is 1. The minimum atomic E-state index is 0.197. The summed E-state index contributed by atoms with van der Waals surface area (Å²) in [5, 5.41) is 3.30. The van der Waals surface area contributed by atoms with Crippen LogP contribution in [0.2, 0.25) is 0 Å². The molecule has 0 amide bonds. The summed E-state index contributed by atoms with van der Waals surface area (Å²) < 4.78 is 5.23. The van der Waals surface area contributed by atoms with Crippen LogP contribution in [0.25, 0.3) is 0 Å². The quantitative estimate of drug-likeness (QED) is 0.697. The highest BCUT2D eigenvalue weighted by atomic mass is 16.4. The zero-order valence-corrected chi connectivity index (χ0v) is 7.32. The first-order chi connectivity index (χ1) is 6.40. The first-order valence-electron chi connectivity index (χ1n) is 4.54. The summed E-state index contributed by atoms with van der Waals surface area (Å²) in [6, 6.07) is 0.197. The van der Waals surface area contributed by atoms with Crippen LogP contribution < -0.4 is 5.32 Å². The average molecular weight is 180 g/mol. The average Bonchev–Trinajstić information content (AvgIpc) is 2.67. The SMILES string of the molecule is O=Cc1cnc(C2CCCCN2)o1. The summed E-state index contributed by atoms with van der Waals surface area (Å²) in [5.74, 6) is 0.948. The fraction of sp³-hybridized carbons (Fsp3) is 0.556. The molecule has 1 aromatic heterocycles. The van der Waals surface area contributed by atoms with Gasteiger partial charge in [-0.1, -0.05) is 6.42 Å². The number of carbonyl (C=O) groups is 1. The molecule has 1 aliphatic rings. The Bertz CT molecular complexity index is 290. The number of nitrogens with zero attached hydrogens (tertiary/aromatic N) is 1. The van der Waals surface area contributed by atoms with E-state index in [1.165, 1.54) is 19.0 Å². The Balaban J connectivity index is 2.09. The third-order valence-electron chi connectivity index (χ3n) is 2.27. The fourth-order valence-electron chi connectivity index (χ4n) is 1.58. The number of hydrogen-bond donors (Lipinski definition) is 1. The van der Waals surface area contributed by atoms with Crippen LogP contribution in [0.4, 0.5) is 0 Å². The maximum Gasteiger partial charge on any atom is 0.212 e. The van der Waals surface area contributed by atoms with Crippen LogP contribution in [0, 0.1) is 0 Å². The molecule has 1 N–H and O–H groups in total. The molecule has 1 atom stereocenters. The van der Waals surface area contributed by atoms with Gasteiger partial charge in [0, 0.05) is 0 Å². The Labute approximate surface area is 76.3 Å². The van der Waals surface area contributed by atoms with Gasteiger partial charge in [-0.2, -0.15) is 0 Å². The molecule has 0 saturated carbocycles. The Morgan fingerprint density at radius 1 is 1.62 bits per heavy atom. The molecule has 1 saturated heterocycles. The summed E-state index contributed by atoms with van der Waals surface area (Å²) in [6.07, 6.45) is 5.59. The second kappa shape index (κ2) is 3.70. The van der Waals surface area contributed by atoms with Gasteiger partial charge in [0.1, 0.15) is 0 Å². The van der Waals surface area contributed by atoms with Crippen molar-refractivity contribution in [2.24, 2.45) is 0 Å². The van der Waals surface area contributed by atoms with Gasteiger partial charge < -0.3 is 9.73 Å². The maximum atomic E-state index is 10.3. The maximum absolute atomic E-state index is 10.3. The molecule has 70 valence electrons. The molecule has 1 unspecified atom stereocenters. The molecule has 4 nitrogen and oxygen atoms in total. The molecule has 1 aliphatic heterocycles. The van der Waals surface area contributed by atoms with E-state index in [2.05, 4.69) is 10.3 Å². The lowest BCUT2D eigenvalue weighted by Crippen LogP contribution is -2.26. The number of rotatable bonds is 2. The third-order valence-corrected chi connectivity index (χ3v) is 2.27. The molecule has 0 aromatic carbocycles. The van der Waals surface area contributed by atoms with E-state index in [0.29, 0.717) is 17.9 Å². The number of piperidine rings is 1. The van der Waals surface area contributed by atoms with E-state index in [0.717, 1.165) is 13.0 Å². The minimum absolute atomic E-state index is 0.197. The minimum Gasteiger partial charge on any atom is -0.436 e.